The molecule has 8 heteroatoms. The standard InChI is InChI=1S/C23H25F2N5O/c1-14-12-17(8-9-18(14)25)27-21-20(15-4-6-16(24)7-5-15)28-22-23(2,3)30(19(31)13-26)11-10-29(21)22/h4-9,12,27H,10-11,13,26H2,1-3H3. The van der Waals surface area contributed by atoms with Gasteiger partial charge >= 0.3 is 0 Å². The van der Waals surface area contributed by atoms with Gasteiger partial charge in [0.1, 0.15) is 29.0 Å². The van der Waals surface area contributed by atoms with Crippen LogP contribution in [-0.2, 0) is 16.9 Å². The fourth-order valence-corrected chi connectivity index (χ4v) is 4.08. The van der Waals surface area contributed by atoms with Crippen molar-refractivity contribution in [2.75, 3.05) is 18.4 Å². The van der Waals surface area contributed by atoms with Crippen LogP contribution in [0.2, 0.25) is 0 Å². The number of amides is 1. The van der Waals surface area contributed by atoms with E-state index in [-0.39, 0.29) is 24.1 Å². The van der Waals surface area contributed by atoms with E-state index >= 15 is 0 Å². The minimum Gasteiger partial charge on any atom is -0.340 e. The lowest BCUT2D eigenvalue weighted by Crippen LogP contribution is -2.53. The minimum absolute atomic E-state index is 0.0745. The van der Waals surface area contributed by atoms with Gasteiger partial charge in [-0.05, 0) is 68.8 Å². The van der Waals surface area contributed by atoms with Gasteiger partial charge in [0.2, 0.25) is 5.91 Å². The summed E-state index contributed by atoms with van der Waals surface area (Å²) in [6.45, 7) is 6.48. The summed E-state index contributed by atoms with van der Waals surface area (Å²) < 4.78 is 29.3. The molecule has 0 atom stereocenters. The van der Waals surface area contributed by atoms with Crippen molar-refractivity contribution in [2.24, 2.45) is 5.73 Å². The molecule has 3 aromatic rings. The summed E-state index contributed by atoms with van der Waals surface area (Å²) in [5, 5.41) is 3.37. The van der Waals surface area contributed by atoms with Gasteiger partial charge in [-0.15, -0.1) is 0 Å². The molecule has 1 amide bonds. The second-order valence-corrected chi connectivity index (χ2v) is 8.19. The molecule has 0 saturated heterocycles. The summed E-state index contributed by atoms with van der Waals surface area (Å²) in [6.07, 6.45) is 0. The molecule has 2 heterocycles. The van der Waals surface area contributed by atoms with E-state index in [2.05, 4.69) is 5.32 Å². The van der Waals surface area contributed by atoms with Crippen LogP contribution in [0.4, 0.5) is 20.3 Å². The fourth-order valence-electron chi connectivity index (χ4n) is 4.08. The molecular formula is C23H25F2N5O. The second kappa shape index (κ2) is 7.77. The molecule has 4 rings (SSSR count). The van der Waals surface area contributed by atoms with Crippen LogP contribution in [0.5, 0.6) is 0 Å². The van der Waals surface area contributed by atoms with E-state index in [1.165, 1.54) is 18.2 Å². The highest BCUT2D eigenvalue weighted by Crippen LogP contribution is 2.39. The number of imidazole rings is 1. The molecule has 31 heavy (non-hydrogen) atoms. The summed E-state index contributed by atoms with van der Waals surface area (Å²) in [5.41, 5.74) is 7.52. The Kier molecular flexibility index (Phi) is 5.26. The highest BCUT2D eigenvalue weighted by atomic mass is 19.1. The molecule has 3 N–H and O–H groups in total. The second-order valence-electron chi connectivity index (χ2n) is 8.19. The lowest BCUT2D eigenvalue weighted by Gasteiger charge is -2.42. The summed E-state index contributed by atoms with van der Waals surface area (Å²) in [7, 11) is 0. The van der Waals surface area contributed by atoms with Crippen LogP contribution in [0.1, 0.15) is 25.2 Å². The molecule has 0 unspecified atom stereocenters. The summed E-state index contributed by atoms with van der Waals surface area (Å²) in [6, 6.07) is 10.9. The number of rotatable bonds is 4. The van der Waals surface area contributed by atoms with Crippen LogP contribution < -0.4 is 11.1 Å². The summed E-state index contributed by atoms with van der Waals surface area (Å²) in [5.74, 6) is 0.640. The molecule has 162 valence electrons. The molecule has 0 radical (unpaired) electrons. The Morgan fingerprint density at radius 1 is 1.16 bits per heavy atom. The number of nitrogens with zero attached hydrogens (tertiary/aromatic N) is 3. The van der Waals surface area contributed by atoms with Gasteiger partial charge in [-0.25, -0.2) is 13.8 Å². The minimum atomic E-state index is -0.692. The number of aryl methyl sites for hydroxylation is 1. The van der Waals surface area contributed by atoms with E-state index in [1.54, 1.807) is 36.1 Å². The largest absolute Gasteiger partial charge is 0.340 e. The number of carbonyl (C=O) groups is 1. The monoisotopic (exact) mass is 425 g/mol. The molecule has 1 aromatic heterocycles. The first kappa shape index (κ1) is 21.0. The normalized spacial score (nSPS) is 15.0. The van der Waals surface area contributed by atoms with E-state index in [1.807, 2.05) is 18.4 Å². The van der Waals surface area contributed by atoms with Crippen LogP contribution in [-0.4, -0.2) is 33.4 Å². The first-order valence-electron chi connectivity index (χ1n) is 10.1. The first-order chi connectivity index (χ1) is 14.7. The smallest absolute Gasteiger partial charge is 0.237 e. The van der Waals surface area contributed by atoms with E-state index in [0.29, 0.717) is 41.7 Å². The van der Waals surface area contributed by atoms with E-state index in [0.717, 1.165) is 5.56 Å². The Morgan fingerprint density at radius 2 is 1.87 bits per heavy atom. The molecule has 0 fully saturated rings. The molecule has 0 bridgehead atoms. The van der Waals surface area contributed by atoms with Gasteiger partial charge in [0, 0.05) is 24.3 Å². The van der Waals surface area contributed by atoms with E-state index < -0.39 is 5.54 Å². The third kappa shape index (κ3) is 3.67. The number of benzene rings is 2. The zero-order chi connectivity index (χ0) is 22.3. The maximum atomic E-state index is 13.8. The topological polar surface area (TPSA) is 76.2 Å². The van der Waals surface area contributed by atoms with Gasteiger partial charge in [-0.2, -0.15) is 0 Å². The highest BCUT2D eigenvalue weighted by Gasteiger charge is 2.41. The van der Waals surface area contributed by atoms with Gasteiger partial charge in [0.25, 0.3) is 0 Å². The molecule has 2 aromatic carbocycles. The van der Waals surface area contributed by atoms with E-state index in [4.69, 9.17) is 10.7 Å². The molecule has 0 aliphatic carbocycles. The van der Waals surface area contributed by atoms with Crippen molar-refractivity contribution in [2.45, 2.75) is 32.9 Å². The summed E-state index contributed by atoms with van der Waals surface area (Å²) in [4.78, 5) is 19.0. The highest BCUT2D eigenvalue weighted by molar-refractivity contribution is 5.80. The van der Waals surface area contributed by atoms with Crippen molar-refractivity contribution in [3.8, 4) is 11.3 Å². The lowest BCUT2D eigenvalue weighted by molar-refractivity contribution is -0.137. The maximum absolute atomic E-state index is 13.8. The van der Waals surface area contributed by atoms with Crippen molar-refractivity contribution >= 4 is 17.4 Å². The van der Waals surface area contributed by atoms with Crippen molar-refractivity contribution in [1.82, 2.24) is 14.5 Å². The van der Waals surface area contributed by atoms with Crippen molar-refractivity contribution < 1.29 is 13.6 Å². The number of carbonyl (C=O) groups excluding carboxylic acids is 1. The van der Waals surface area contributed by atoms with Gasteiger partial charge < -0.3 is 20.5 Å². The molecule has 0 spiro atoms. The number of hydrogen-bond donors (Lipinski definition) is 2. The van der Waals surface area contributed by atoms with Gasteiger partial charge in [-0.1, -0.05) is 0 Å². The third-order valence-electron chi connectivity index (χ3n) is 5.75. The van der Waals surface area contributed by atoms with Crippen LogP contribution in [0.15, 0.2) is 42.5 Å². The lowest BCUT2D eigenvalue weighted by atomic mass is 9.99. The Morgan fingerprint density at radius 3 is 2.52 bits per heavy atom. The van der Waals surface area contributed by atoms with Crippen LogP contribution in [0.3, 0.4) is 0 Å². The number of nitrogens with one attached hydrogen (secondary N) is 1. The Labute approximate surface area is 179 Å². The number of halogens is 2. The number of aromatic nitrogens is 2. The van der Waals surface area contributed by atoms with Crippen molar-refractivity contribution in [3.63, 3.8) is 0 Å². The zero-order valence-electron chi connectivity index (χ0n) is 17.7. The molecule has 6 nitrogen and oxygen atoms in total. The van der Waals surface area contributed by atoms with Crippen LogP contribution in [0, 0.1) is 18.6 Å². The average molecular weight is 425 g/mol. The SMILES string of the molecule is Cc1cc(Nc2c(-c3ccc(F)cc3)nc3n2CCN(C(=O)CN)C3(C)C)ccc1F. The van der Waals surface area contributed by atoms with Crippen LogP contribution >= 0.6 is 0 Å². The summed E-state index contributed by atoms with van der Waals surface area (Å²) >= 11 is 0. The number of nitrogens with two attached hydrogens (primary N) is 1. The molecule has 1 aliphatic rings. The molecular weight excluding hydrogens is 400 g/mol. The van der Waals surface area contributed by atoms with Gasteiger partial charge in [-0.3, -0.25) is 4.79 Å². The van der Waals surface area contributed by atoms with Gasteiger partial charge in [0.05, 0.1) is 12.1 Å². The number of anilines is 2. The van der Waals surface area contributed by atoms with Crippen LogP contribution in [0.25, 0.3) is 11.3 Å². The van der Waals surface area contributed by atoms with Crippen molar-refractivity contribution in [3.05, 3.63) is 65.5 Å². The predicted molar refractivity (Wildman–Crippen MR) is 116 cm³/mol. The number of fused-ring (bicyclic) bond motifs is 1. The fraction of sp³-hybridized carbons (Fsp3) is 0.304. The zero-order valence-corrected chi connectivity index (χ0v) is 17.7. The van der Waals surface area contributed by atoms with Crippen molar-refractivity contribution in [1.29, 1.82) is 0 Å². The van der Waals surface area contributed by atoms with E-state index in [9.17, 15) is 13.6 Å². The Bertz CT molecular complexity index is 1140. The Hall–Kier alpha value is -3.26. The third-order valence-corrected chi connectivity index (χ3v) is 5.75. The number of hydrogen-bond acceptors (Lipinski definition) is 4. The quantitative estimate of drug-likeness (QED) is 0.664. The maximum Gasteiger partial charge on any atom is 0.237 e. The predicted octanol–water partition coefficient (Wildman–Crippen LogP) is 3.92. The van der Waals surface area contributed by atoms with Gasteiger partial charge in [0.15, 0.2) is 0 Å². The average Bonchev–Trinajstić information content (AvgIpc) is 3.10. The first-order valence-corrected chi connectivity index (χ1v) is 10.1. The molecule has 1 aliphatic heterocycles. The molecule has 0 saturated carbocycles. The Balaban J connectivity index is 1.86.